The molecule has 0 saturated heterocycles. The second-order valence-corrected chi connectivity index (χ2v) is 10.9. The van der Waals surface area contributed by atoms with E-state index in [-0.39, 0.29) is 28.0 Å². The zero-order valence-corrected chi connectivity index (χ0v) is 24.0. The highest BCUT2D eigenvalue weighted by Gasteiger charge is 2.21. The average molecular weight is 583 g/mol. The number of anilines is 3. The fourth-order valence-electron chi connectivity index (χ4n) is 3.97. The van der Waals surface area contributed by atoms with E-state index in [2.05, 4.69) is 44.1 Å². The van der Waals surface area contributed by atoms with Crippen molar-refractivity contribution < 1.29 is 17.9 Å². The first-order valence-electron chi connectivity index (χ1n) is 12.7. The van der Waals surface area contributed by atoms with Crippen LogP contribution in [-0.2, 0) is 10.0 Å². The second kappa shape index (κ2) is 12.9. The van der Waals surface area contributed by atoms with Gasteiger partial charge in [-0.15, -0.1) is 0 Å². The van der Waals surface area contributed by atoms with Crippen molar-refractivity contribution in [1.29, 1.82) is 0 Å². The molecule has 0 spiro atoms. The first-order valence-corrected chi connectivity index (χ1v) is 14.6. The van der Waals surface area contributed by atoms with Gasteiger partial charge in [0.15, 0.2) is 11.6 Å². The molecule has 0 radical (unpaired) electrons. The molecule has 3 aromatic carbocycles. The van der Waals surface area contributed by atoms with Crippen molar-refractivity contribution in [2.75, 3.05) is 43.3 Å². The molecule has 0 aliphatic carbocycles. The summed E-state index contributed by atoms with van der Waals surface area (Å²) < 4.78 is 34.8. The molecule has 0 bridgehead atoms. The maximum atomic E-state index is 13.5. The van der Waals surface area contributed by atoms with Crippen molar-refractivity contribution in [3.63, 3.8) is 0 Å². The van der Waals surface area contributed by atoms with Crippen LogP contribution in [0.4, 0.5) is 17.3 Å². The number of sulfonamides is 1. The van der Waals surface area contributed by atoms with E-state index < -0.39 is 10.0 Å². The molecule has 1 heterocycles. The highest BCUT2D eigenvalue weighted by Crippen LogP contribution is 2.32. The number of hydrogen-bond donors (Lipinski definition) is 3. The number of carbonyl (C=O) groups excluding carboxylic acids is 1. The van der Waals surface area contributed by atoms with Gasteiger partial charge in [-0.2, -0.15) is 0 Å². The van der Waals surface area contributed by atoms with E-state index in [4.69, 9.17) is 16.3 Å². The maximum Gasteiger partial charge on any atom is 0.263 e. The van der Waals surface area contributed by atoms with Crippen LogP contribution in [0.5, 0.6) is 5.75 Å². The standard InChI is InChI=1S/C28H31ClN6O4S/c1-4-35(5-2)16-15-30-28(36)19-9-8-10-21(17-19)40(37,38)34-27-26(31-23-11-6-7-12-24(23)32-27)33-25-18-20(39-3)13-14-22(25)29/h6-14,17-18H,4-5,15-16H2,1-3H3,(H,30,36)(H,31,33)(H,32,34). The molecule has 3 N–H and O–H groups in total. The van der Waals surface area contributed by atoms with Gasteiger partial charge in [-0.05, 0) is 55.6 Å². The molecule has 4 aromatic rings. The summed E-state index contributed by atoms with van der Waals surface area (Å²) in [5.41, 5.74) is 1.72. The smallest absolute Gasteiger partial charge is 0.263 e. The van der Waals surface area contributed by atoms with E-state index in [0.717, 1.165) is 13.1 Å². The van der Waals surface area contributed by atoms with Crippen molar-refractivity contribution >= 4 is 55.9 Å². The van der Waals surface area contributed by atoms with Gasteiger partial charge in [0.1, 0.15) is 5.75 Å². The first kappa shape index (κ1) is 29.1. The van der Waals surface area contributed by atoms with Gasteiger partial charge in [0.05, 0.1) is 33.7 Å². The molecule has 210 valence electrons. The summed E-state index contributed by atoms with van der Waals surface area (Å²) in [5.74, 6) is 0.300. The normalized spacial score (nSPS) is 11.4. The third kappa shape index (κ3) is 6.98. The van der Waals surface area contributed by atoms with Crippen molar-refractivity contribution in [3.8, 4) is 5.75 Å². The fourth-order valence-corrected chi connectivity index (χ4v) is 5.19. The largest absolute Gasteiger partial charge is 0.497 e. The highest BCUT2D eigenvalue weighted by atomic mass is 35.5. The number of aromatic nitrogens is 2. The van der Waals surface area contributed by atoms with E-state index in [1.165, 1.54) is 25.3 Å². The Morgan fingerprint density at radius 1 is 0.950 bits per heavy atom. The van der Waals surface area contributed by atoms with Crippen LogP contribution < -0.4 is 20.1 Å². The second-order valence-electron chi connectivity index (χ2n) is 8.80. The molecule has 40 heavy (non-hydrogen) atoms. The molecule has 0 saturated carbocycles. The Hall–Kier alpha value is -3.93. The van der Waals surface area contributed by atoms with Crippen molar-refractivity contribution in [2.24, 2.45) is 0 Å². The Morgan fingerprint density at radius 2 is 1.65 bits per heavy atom. The highest BCUT2D eigenvalue weighted by molar-refractivity contribution is 7.92. The van der Waals surface area contributed by atoms with Crippen LogP contribution in [0.2, 0.25) is 5.02 Å². The lowest BCUT2D eigenvalue weighted by Crippen LogP contribution is -2.34. The summed E-state index contributed by atoms with van der Waals surface area (Å²) in [6, 6.07) is 17.9. The molecule has 1 amide bonds. The monoisotopic (exact) mass is 582 g/mol. The van der Waals surface area contributed by atoms with E-state index in [1.54, 1.807) is 42.5 Å². The third-order valence-electron chi connectivity index (χ3n) is 6.24. The minimum atomic E-state index is -4.16. The molecular weight excluding hydrogens is 552 g/mol. The lowest BCUT2D eigenvalue weighted by Gasteiger charge is -2.18. The topological polar surface area (TPSA) is 126 Å². The summed E-state index contributed by atoms with van der Waals surface area (Å²) in [7, 11) is -2.63. The number of likely N-dealkylation sites (N-methyl/N-ethyl adjacent to an activating group) is 1. The van der Waals surface area contributed by atoms with Gasteiger partial charge >= 0.3 is 0 Å². The van der Waals surface area contributed by atoms with Crippen LogP contribution in [0.25, 0.3) is 11.0 Å². The number of ether oxygens (including phenoxy) is 1. The van der Waals surface area contributed by atoms with Crippen LogP contribution in [0.3, 0.4) is 0 Å². The summed E-state index contributed by atoms with van der Waals surface area (Å²) >= 11 is 6.37. The van der Waals surface area contributed by atoms with Gasteiger partial charge < -0.3 is 20.3 Å². The number of nitrogens with zero attached hydrogens (tertiary/aromatic N) is 3. The Morgan fingerprint density at radius 3 is 2.33 bits per heavy atom. The number of carbonyl (C=O) groups is 1. The Bertz CT molecular complexity index is 1610. The molecule has 1 aromatic heterocycles. The zero-order chi connectivity index (χ0) is 28.7. The van der Waals surface area contributed by atoms with Crippen LogP contribution >= 0.6 is 11.6 Å². The van der Waals surface area contributed by atoms with E-state index in [1.807, 2.05) is 6.07 Å². The van der Waals surface area contributed by atoms with Gasteiger partial charge in [-0.1, -0.05) is 43.6 Å². The lowest BCUT2D eigenvalue weighted by molar-refractivity contribution is 0.0948. The number of hydrogen-bond acceptors (Lipinski definition) is 8. The molecular formula is C28H31ClN6O4S. The van der Waals surface area contributed by atoms with Crippen molar-refractivity contribution in [2.45, 2.75) is 18.7 Å². The summed E-state index contributed by atoms with van der Waals surface area (Å²) in [4.78, 5) is 23.9. The molecule has 0 unspecified atom stereocenters. The Kier molecular flexibility index (Phi) is 9.41. The molecule has 0 aliphatic rings. The number of benzene rings is 3. The van der Waals surface area contributed by atoms with Crippen LogP contribution in [0, 0.1) is 0 Å². The van der Waals surface area contributed by atoms with E-state index >= 15 is 0 Å². The predicted molar refractivity (Wildman–Crippen MR) is 158 cm³/mol. The average Bonchev–Trinajstić information content (AvgIpc) is 2.96. The van der Waals surface area contributed by atoms with Gasteiger partial charge in [-0.25, -0.2) is 18.4 Å². The number of amides is 1. The van der Waals surface area contributed by atoms with Crippen molar-refractivity contribution in [3.05, 3.63) is 77.3 Å². The molecule has 4 rings (SSSR count). The summed E-state index contributed by atoms with van der Waals surface area (Å²) in [6.07, 6.45) is 0. The third-order valence-corrected chi connectivity index (χ3v) is 7.91. The molecule has 0 atom stereocenters. The predicted octanol–water partition coefficient (Wildman–Crippen LogP) is 4.91. The number of halogens is 1. The van der Waals surface area contributed by atoms with Gasteiger partial charge in [0.2, 0.25) is 0 Å². The number of methoxy groups -OCH3 is 1. The summed E-state index contributed by atoms with van der Waals surface area (Å²) in [5, 5.41) is 6.30. The fraction of sp³-hybridized carbons (Fsp3) is 0.250. The number of para-hydroxylation sites is 2. The lowest BCUT2D eigenvalue weighted by atomic mass is 10.2. The number of nitrogens with one attached hydrogen (secondary N) is 3. The van der Waals surface area contributed by atoms with E-state index in [9.17, 15) is 13.2 Å². The molecule has 0 fully saturated rings. The maximum absolute atomic E-state index is 13.5. The van der Waals surface area contributed by atoms with Gasteiger partial charge in [0.25, 0.3) is 15.9 Å². The molecule has 10 nitrogen and oxygen atoms in total. The summed E-state index contributed by atoms with van der Waals surface area (Å²) in [6.45, 7) is 7.02. The van der Waals surface area contributed by atoms with E-state index in [0.29, 0.717) is 40.6 Å². The minimum absolute atomic E-state index is 0.0355. The van der Waals surface area contributed by atoms with Gasteiger partial charge in [0, 0.05) is 24.7 Å². The Balaban J connectivity index is 1.62. The number of rotatable bonds is 12. The van der Waals surface area contributed by atoms with Crippen LogP contribution in [0.1, 0.15) is 24.2 Å². The molecule has 0 aliphatic heterocycles. The first-order chi connectivity index (χ1) is 19.2. The molecule has 12 heteroatoms. The van der Waals surface area contributed by atoms with Crippen LogP contribution in [0.15, 0.2) is 71.6 Å². The number of fused-ring (bicyclic) bond motifs is 1. The quantitative estimate of drug-likeness (QED) is 0.215. The van der Waals surface area contributed by atoms with Crippen LogP contribution in [-0.4, -0.2) is 62.5 Å². The zero-order valence-electron chi connectivity index (χ0n) is 22.4. The van der Waals surface area contributed by atoms with Crippen molar-refractivity contribution in [1.82, 2.24) is 20.2 Å². The SMILES string of the molecule is CCN(CC)CCNC(=O)c1cccc(S(=O)(=O)Nc2nc3ccccc3nc2Nc2cc(OC)ccc2Cl)c1. The Labute approximate surface area is 238 Å². The minimum Gasteiger partial charge on any atom is -0.497 e. The van der Waals surface area contributed by atoms with Gasteiger partial charge in [-0.3, -0.25) is 9.52 Å².